The van der Waals surface area contributed by atoms with Crippen LogP contribution >= 0.6 is 15.9 Å². The Morgan fingerprint density at radius 3 is 2.32 bits per heavy atom. The Balaban J connectivity index is 3.16. The molecular formula is C14H23BrN2O2. The third-order valence-electron chi connectivity index (χ3n) is 3.19. The lowest BCUT2D eigenvalue weighted by Crippen LogP contribution is -2.31. The van der Waals surface area contributed by atoms with Crippen molar-refractivity contribution in [3.63, 3.8) is 0 Å². The van der Waals surface area contributed by atoms with Gasteiger partial charge in [0.15, 0.2) is 11.5 Å². The standard InChI is InChI=1S/C14H23BrN2O2/c1-5-6-17(2)12(9-16)10-7-13(18-3)14(19-4)8-11(10)15/h7-8,12H,5-6,9,16H2,1-4H3. The maximum Gasteiger partial charge on any atom is 0.161 e. The van der Waals surface area contributed by atoms with Crippen LogP contribution in [-0.4, -0.2) is 39.3 Å². The summed E-state index contributed by atoms with van der Waals surface area (Å²) in [4.78, 5) is 2.26. The second kappa shape index (κ2) is 7.72. The van der Waals surface area contributed by atoms with Crippen molar-refractivity contribution in [2.24, 2.45) is 5.73 Å². The minimum atomic E-state index is 0.161. The molecule has 1 aromatic carbocycles. The van der Waals surface area contributed by atoms with Crippen LogP contribution < -0.4 is 15.2 Å². The van der Waals surface area contributed by atoms with Gasteiger partial charge in [-0.3, -0.25) is 4.90 Å². The van der Waals surface area contributed by atoms with Gasteiger partial charge in [-0.15, -0.1) is 0 Å². The molecule has 0 saturated carbocycles. The Morgan fingerprint density at radius 1 is 1.26 bits per heavy atom. The lowest BCUT2D eigenvalue weighted by molar-refractivity contribution is 0.249. The summed E-state index contributed by atoms with van der Waals surface area (Å²) < 4.78 is 11.6. The molecule has 0 heterocycles. The molecule has 0 aliphatic carbocycles. The highest BCUT2D eigenvalue weighted by Gasteiger charge is 2.20. The fourth-order valence-electron chi connectivity index (χ4n) is 2.18. The molecule has 0 bridgehead atoms. The van der Waals surface area contributed by atoms with Crippen LogP contribution in [0.2, 0.25) is 0 Å². The SMILES string of the molecule is CCCN(C)C(CN)c1cc(OC)c(OC)cc1Br. The van der Waals surface area contributed by atoms with Gasteiger partial charge >= 0.3 is 0 Å². The first-order valence-corrected chi connectivity index (χ1v) is 7.20. The second-order valence-electron chi connectivity index (χ2n) is 4.46. The topological polar surface area (TPSA) is 47.7 Å². The van der Waals surface area contributed by atoms with Crippen molar-refractivity contribution in [3.05, 3.63) is 22.2 Å². The van der Waals surface area contributed by atoms with Crippen molar-refractivity contribution in [2.75, 3.05) is 34.4 Å². The fourth-order valence-corrected chi connectivity index (χ4v) is 2.76. The third-order valence-corrected chi connectivity index (χ3v) is 3.88. The summed E-state index contributed by atoms with van der Waals surface area (Å²) in [7, 11) is 5.36. The summed E-state index contributed by atoms with van der Waals surface area (Å²) in [5, 5.41) is 0. The molecule has 0 fully saturated rings. The van der Waals surface area contributed by atoms with Gasteiger partial charge in [0.25, 0.3) is 0 Å². The first-order valence-electron chi connectivity index (χ1n) is 6.40. The van der Waals surface area contributed by atoms with E-state index in [1.165, 1.54) is 0 Å². The van der Waals surface area contributed by atoms with Crippen molar-refractivity contribution in [1.29, 1.82) is 0 Å². The number of nitrogens with two attached hydrogens (primary N) is 1. The van der Waals surface area contributed by atoms with Crippen molar-refractivity contribution < 1.29 is 9.47 Å². The average molecular weight is 331 g/mol. The van der Waals surface area contributed by atoms with E-state index in [-0.39, 0.29) is 6.04 Å². The monoisotopic (exact) mass is 330 g/mol. The number of nitrogens with zero attached hydrogens (tertiary/aromatic N) is 1. The highest BCUT2D eigenvalue weighted by atomic mass is 79.9. The van der Waals surface area contributed by atoms with Crippen LogP contribution in [0.4, 0.5) is 0 Å². The fraction of sp³-hybridized carbons (Fsp3) is 0.571. The molecule has 1 unspecified atom stereocenters. The van der Waals surface area contributed by atoms with E-state index in [1.54, 1.807) is 14.2 Å². The number of ether oxygens (including phenoxy) is 2. The van der Waals surface area contributed by atoms with Crippen LogP contribution in [-0.2, 0) is 0 Å². The molecule has 0 aliphatic heterocycles. The summed E-state index contributed by atoms with van der Waals surface area (Å²) >= 11 is 3.59. The average Bonchev–Trinajstić information content (AvgIpc) is 2.41. The van der Waals surface area contributed by atoms with Crippen molar-refractivity contribution in [1.82, 2.24) is 4.90 Å². The molecule has 0 amide bonds. The number of halogens is 1. The van der Waals surface area contributed by atoms with Gasteiger partial charge in [-0.05, 0) is 37.7 Å². The molecule has 108 valence electrons. The van der Waals surface area contributed by atoms with Crippen LogP contribution in [0.5, 0.6) is 11.5 Å². The Morgan fingerprint density at radius 2 is 1.84 bits per heavy atom. The number of hydrogen-bond acceptors (Lipinski definition) is 4. The van der Waals surface area contributed by atoms with Crippen LogP contribution in [0, 0.1) is 0 Å². The molecule has 0 spiro atoms. The zero-order valence-corrected chi connectivity index (χ0v) is 13.7. The molecule has 1 atom stereocenters. The van der Waals surface area contributed by atoms with Crippen LogP contribution in [0.1, 0.15) is 24.9 Å². The summed E-state index contributed by atoms with van der Waals surface area (Å²) in [5.41, 5.74) is 7.05. The minimum Gasteiger partial charge on any atom is -0.493 e. The lowest BCUT2D eigenvalue weighted by atomic mass is 10.0. The predicted molar refractivity (Wildman–Crippen MR) is 82.0 cm³/mol. The van der Waals surface area contributed by atoms with Gasteiger partial charge < -0.3 is 15.2 Å². The highest BCUT2D eigenvalue weighted by Crippen LogP contribution is 2.37. The Bertz CT molecular complexity index is 413. The summed E-state index contributed by atoms with van der Waals surface area (Å²) in [6.07, 6.45) is 1.10. The van der Waals surface area contributed by atoms with E-state index >= 15 is 0 Å². The Kier molecular flexibility index (Phi) is 6.62. The first-order chi connectivity index (χ1) is 9.08. The summed E-state index contributed by atoms with van der Waals surface area (Å²) in [6.45, 7) is 3.72. The van der Waals surface area contributed by atoms with Gasteiger partial charge in [0, 0.05) is 17.1 Å². The summed E-state index contributed by atoms with van der Waals surface area (Å²) in [5.74, 6) is 1.44. The molecular weight excluding hydrogens is 308 g/mol. The van der Waals surface area contributed by atoms with E-state index in [0.717, 1.165) is 28.8 Å². The molecule has 0 saturated heterocycles. The smallest absolute Gasteiger partial charge is 0.161 e. The molecule has 5 heteroatoms. The second-order valence-corrected chi connectivity index (χ2v) is 5.32. The molecule has 0 radical (unpaired) electrons. The zero-order chi connectivity index (χ0) is 14.4. The van der Waals surface area contributed by atoms with Crippen molar-refractivity contribution >= 4 is 15.9 Å². The normalized spacial score (nSPS) is 12.6. The number of methoxy groups -OCH3 is 2. The third kappa shape index (κ3) is 3.84. The van der Waals surface area contributed by atoms with Gasteiger partial charge in [0.2, 0.25) is 0 Å². The largest absolute Gasteiger partial charge is 0.493 e. The predicted octanol–water partition coefficient (Wildman–Crippen LogP) is 2.81. The molecule has 4 nitrogen and oxygen atoms in total. The Hall–Kier alpha value is -0.780. The molecule has 2 N–H and O–H groups in total. The van der Waals surface area contributed by atoms with E-state index in [2.05, 4.69) is 34.8 Å². The van der Waals surface area contributed by atoms with Gasteiger partial charge in [-0.25, -0.2) is 0 Å². The molecule has 1 rings (SSSR count). The van der Waals surface area contributed by atoms with E-state index in [9.17, 15) is 0 Å². The first kappa shape index (κ1) is 16.3. The van der Waals surface area contributed by atoms with E-state index < -0.39 is 0 Å². The van der Waals surface area contributed by atoms with Crippen LogP contribution in [0.25, 0.3) is 0 Å². The van der Waals surface area contributed by atoms with E-state index in [1.807, 2.05) is 12.1 Å². The molecule has 1 aromatic rings. The van der Waals surface area contributed by atoms with Crippen LogP contribution in [0.3, 0.4) is 0 Å². The highest BCUT2D eigenvalue weighted by molar-refractivity contribution is 9.10. The van der Waals surface area contributed by atoms with E-state index in [0.29, 0.717) is 12.3 Å². The molecule has 0 aliphatic rings. The quantitative estimate of drug-likeness (QED) is 0.835. The number of rotatable bonds is 7. The van der Waals surface area contributed by atoms with E-state index in [4.69, 9.17) is 15.2 Å². The van der Waals surface area contributed by atoms with Crippen LogP contribution in [0.15, 0.2) is 16.6 Å². The number of likely N-dealkylation sites (N-methyl/N-ethyl adjacent to an activating group) is 1. The molecule has 19 heavy (non-hydrogen) atoms. The van der Waals surface area contributed by atoms with Gasteiger partial charge in [-0.2, -0.15) is 0 Å². The minimum absolute atomic E-state index is 0.161. The summed E-state index contributed by atoms with van der Waals surface area (Å²) in [6, 6.07) is 4.08. The van der Waals surface area contributed by atoms with Crippen molar-refractivity contribution in [3.8, 4) is 11.5 Å². The lowest BCUT2D eigenvalue weighted by Gasteiger charge is -2.28. The maximum absolute atomic E-state index is 5.93. The molecule has 0 aromatic heterocycles. The van der Waals surface area contributed by atoms with Crippen molar-refractivity contribution in [2.45, 2.75) is 19.4 Å². The maximum atomic E-state index is 5.93. The van der Waals surface area contributed by atoms with Gasteiger partial charge in [0.05, 0.1) is 14.2 Å². The number of benzene rings is 1. The number of hydrogen-bond donors (Lipinski definition) is 1. The zero-order valence-electron chi connectivity index (χ0n) is 12.1. The van der Waals surface area contributed by atoms with Gasteiger partial charge in [-0.1, -0.05) is 22.9 Å². The Labute approximate surface area is 124 Å². The van der Waals surface area contributed by atoms with Gasteiger partial charge in [0.1, 0.15) is 0 Å².